The molecule has 1 atom stereocenters. The molecule has 0 aliphatic carbocycles. The molecule has 1 fully saturated rings. The van der Waals surface area contributed by atoms with E-state index in [0.717, 1.165) is 44.8 Å². The summed E-state index contributed by atoms with van der Waals surface area (Å²) in [7, 11) is 3.52. The van der Waals surface area contributed by atoms with Crippen molar-refractivity contribution in [2.45, 2.75) is 19.0 Å². The van der Waals surface area contributed by atoms with Gasteiger partial charge < -0.3 is 15.0 Å². The number of hydrogen-bond acceptors (Lipinski definition) is 5. The summed E-state index contributed by atoms with van der Waals surface area (Å²) in [5.41, 5.74) is 0.939. The predicted octanol–water partition coefficient (Wildman–Crippen LogP) is 2.09. The number of thiophene rings is 1. The van der Waals surface area contributed by atoms with Crippen LogP contribution >= 0.6 is 11.3 Å². The number of aryl methyl sites for hydroxylation is 1. The SMILES string of the molecule is COC[C@@H](NC(=O)N1CCCN(Cc2cccs2)CC1)c1ccnn1C. The fourth-order valence-corrected chi connectivity index (χ4v) is 4.04. The van der Waals surface area contributed by atoms with Gasteiger partial charge in [0.1, 0.15) is 0 Å². The molecule has 1 aliphatic heterocycles. The van der Waals surface area contributed by atoms with E-state index in [1.807, 2.05) is 18.0 Å². The second-order valence-electron chi connectivity index (χ2n) is 6.53. The molecule has 1 saturated heterocycles. The van der Waals surface area contributed by atoms with Crippen molar-refractivity contribution >= 4 is 17.4 Å². The van der Waals surface area contributed by atoms with E-state index in [1.54, 1.807) is 29.3 Å². The summed E-state index contributed by atoms with van der Waals surface area (Å²) in [6.07, 6.45) is 2.72. The normalized spacial score (nSPS) is 17.1. The van der Waals surface area contributed by atoms with Gasteiger partial charge in [-0.15, -0.1) is 11.3 Å². The fraction of sp³-hybridized carbons (Fsp3) is 0.556. The van der Waals surface area contributed by atoms with Crippen LogP contribution in [0.15, 0.2) is 29.8 Å². The molecule has 142 valence electrons. The van der Waals surface area contributed by atoms with Crippen molar-refractivity contribution in [2.24, 2.45) is 7.05 Å². The maximum atomic E-state index is 12.8. The minimum atomic E-state index is -0.203. The molecule has 3 rings (SSSR count). The summed E-state index contributed by atoms with van der Waals surface area (Å²) in [4.78, 5) is 18.5. The predicted molar refractivity (Wildman–Crippen MR) is 102 cm³/mol. The Morgan fingerprint density at radius 2 is 2.23 bits per heavy atom. The van der Waals surface area contributed by atoms with E-state index in [1.165, 1.54) is 4.88 Å². The minimum absolute atomic E-state index is 0.0359. The zero-order valence-corrected chi connectivity index (χ0v) is 16.2. The zero-order valence-electron chi connectivity index (χ0n) is 15.4. The van der Waals surface area contributed by atoms with Crippen LogP contribution in [0, 0.1) is 0 Å². The number of ether oxygens (including phenoxy) is 1. The highest BCUT2D eigenvalue weighted by atomic mass is 32.1. The molecule has 2 amide bonds. The average Bonchev–Trinajstić information content (AvgIpc) is 3.22. The Kier molecular flexibility index (Phi) is 6.65. The van der Waals surface area contributed by atoms with E-state index in [4.69, 9.17) is 4.74 Å². The summed E-state index contributed by atoms with van der Waals surface area (Å²) in [5, 5.41) is 9.41. The van der Waals surface area contributed by atoms with Crippen molar-refractivity contribution in [1.82, 2.24) is 24.9 Å². The molecule has 1 N–H and O–H groups in total. The number of nitrogens with zero attached hydrogens (tertiary/aromatic N) is 4. The third-order valence-corrected chi connectivity index (χ3v) is 5.54. The smallest absolute Gasteiger partial charge is 0.318 e. The van der Waals surface area contributed by atoms with Gasteiger partial charge in [-0.1, -0.05) is 6.07 Å². The number of carbonyl (C=O) groups is 1. The van der Waals surface area contributed by atoms with Gasteiger partial charge in [0.15, 0.2) is 0 Å². The van der Waals surface area contributed by atoms with Crippen LogP contribution in [0.4, 0.5) is 4.79 Å². The van der Waals surface area contributed by atoms with Crippen LogP contribution in [-0.2, 0) is 18.3 Å². The molecule has 0 bridgehead atoms. The van der Waals surface area contributed by atoms with Gasteiger partial charge in [0.05, 0.1) is 18.3 Å². The molecular formula is C18H27N5O2S. The van der Waals surface area contributed by atoms with E-state index in [9.17, 15) is 4.79 Å². The van der Waals surface area contributed by atoms with Crippen molar-refractivity contribution in [3.05, 3.63) is 40.3 Å². The monoisotopic (exact) mass is 377 g/mol. The molecular weight excluding hydrogens is 350 g/mol. The van der Waals surface area contributed by atoms with Gasteiger partial charge in [0, 0.05) is 58.0 Å². The molecule has 0 spiro atoms. The summed E-state index contributed by atoms with van der Waals surface area (Å²) >= 11 is 1.79. The third kappa shape index (κ3) is 4.84. The molecule has 2 aromatic heterocycles. The quantitative estimate of drug-likeness (QED) is 0.837. The Morgan fingerprint density at radius 3 is 2.92 bits per heavy atom. The standard InChI is InChI=1S/C18H27N5O2S/c1-21-17(6-7-19-21)16(14-25-2)20-18(24)23-9-4-8-22(10-11-23)13-15-5-3-12-26-15/h3,5-7,12,16H,4,8-11,13-14H2,1-2H3,(H,20,24)/t16-/m1/s1. The second kappa shape index (κ2) is 9.16. The molecule has 7 nitrogen and oxygen atoms in total. The zero-order chi connectivity index (χ0) is 18.4. The van der Waals surface area contributed by atoms with Crippen molar-refractivity contribution in [3.8, 4) is 0 Å². The maximum Gasteiger partial charge on any atom is 0.318 e. The molecule has 2 aromatic rings. The van der Waals surface area contributed by atoms with Crippen molar-refractivity contribution in [2.75, 3.05) is 39.9 Å². The maximum absolute atomic E-state index is 12.8. The molecule has 0 saturated carbocycles. The first kappa shape index (κ1) is 18.9. The van der Waals surface area contributed by atoms with Crippen LogP contribution in [0.1, 0.15) is 23.0 Å². The average molecular weight is 378 g/mol. The number of methoxy groups -OCH3 is 1. The van der Waals surface area contributed by atoms with Gasteiger partial charge in [-0.05, 0) is 23.9 Å². The lowest BCUT2D eigenvalue weighted by Crippen LogP contribution is -2.44. The van der Waals surface area contributed by atoms with E-state index >= 15 is 0 Å². The number of aromatic nitrogens is 2. The Morgan fingerprint density at radius 1 is 1.35 bits per heavy atom. The van der Waals surface area contributed by atoms with Crippen LogP contribution in [0.3, 0.4) is 0 Å². The van der Waals surface area contributed by atoms with E-state index in [0.29, 0.717) is 6.61 Å². The molecule has 0 aromatic carbocycles. The van der Waals surface area contributed by atoms with Crippen LogP contribution in [0.5, 0.6) is 0 Å². The first-order valence-corrected chi connectivity index (χ1v) is 9.82. The number of carbonyl (C=O) groups excluding carboxylic acids is 1. The van der Waals surface area contributed by atoms with Gasteiger partial charge >= 0.3 is 6.03 Å². The van der Waals surface area contributed by atoms with Crippen LogP contribution in [0.25, 0.3) is 0 Å². The molecule has 26 heavy (non-hydrogen) atoms. The first-order chi connectivity index (χ1) is 12.7. The molecule has 0 unspecified atom stereocenters. The topological polar surface area (TPSA) is 62.6 Å². The fourth-order valence-electron chi connectivity index (χ4n) is 3.29. The van der Waals surface area contributed by atoms with Crippen molar-refractivity contribution in [1.29, 1.82) is 0 Å². The van der Waals surface area contributed by atoms with Crippen molar-refractivity contribution in [3.63, 3.8) is 0 Å². The summed E-state index contributed by atoms with van der Waals surface area (Å²) in [6, 6.07) is 5.93. The highest BCUT2D eigenvalue weighted by Crippen LogP contribution is 2.15. The Hall–Kier alpha value is -1.90. The third-order valence-electron chi connectivity index (χ3n) is 4.68. The number of nitrogens with one attached hydrogen (secondary N) is 1. The van der Waals surface area contributed by atoms with Gasteiger partial charge in [0.25, 0.3) is 0 Å². The molecule has 3 heterocycles. The molecule has 8 heteroatoms. The highest BCUT2D eigenvalue weighted by molar-refractivity contribution is 7.09. The first-order valence-electron chi connectivity index (χ1n) is 8.94. The van der Waals surface area contributed by atoms with Gasteiger partial charge in [-0.25, -0.2) is 4.79 Å². The minimum Gasteiger partial charge on any atom is -0.382 e. The number of urea groups is 1. The Balaban J connectivity index is 1.56. The van der Waals surface area contributed by atoms with E-state index < -0.39 is 0 Å². The summed E-state index contributed by atoms with van der Waals surface area (Å²) in [6.45, 7) is 4.81. The molecule has 1 aliphatic rings. The molecule has 0 radical (unpaired) electrons. The lowest BCUT2D eigenvalue weighted by molar-refractivity contribution is 0.152. The van der Waals surface area contributed by atoms with Gasteiger partial charge in [0.2, 0.25) is 0 Å². The second-order valence-corrected chi connectivity index (χ2v) is 7.57. The lowest BCUT2D eigenvalue weighted by atomic mass is 10.2. The number of rotatable bonds is 6. The van der Waals surface area contributed by atoms with Gasteiger partial charge in [-0.3, -0.25) is 9.58 Å². The highest BCUT2D eigenvalue weighted by Gasteiger charge is 2.23. The number of amides is 2. The van der Waals surface area contributed by atoms with E-state index in [-0.39, 0.29) is 12.1 Å². The summed E-state index contributed by atoms with van der Waals surface area (Å²) < 4.78 is 7.06. The lowest BCUT2D eigenvalue weighted by Gasteiger charge is -2.25. The van der Waals surface area contributed by atoms with Crippen LogP contribution < -0.4 is 5.32 Å². The van der Waals surface area contributed by atoms with E-state index in [2.05, 4.69) is 32.8 Å². The van der Waals surface area contributed by atoms with Gasteiger partial charge in [-0.2, -0.15) is 5.10 Å². The van der Waals surface area contributed by atoms with Crippen molar-refractivity contribution < 1.29 is 9.53 Å². The van der Waals surface area contributed by atoms with Crippen LogP contribution in [0.2, 0.25) is 0 Å². The number of hydrogen-bond donors (Lipinski definition) is 1. The van der Waals surface area contributed by atoms with Crippen LogP contribution in [-0.4, -0.2) is 65.5 Å². The largest absolute Gasteiger partial charge is 0.382 e. The summed E-state index contributed by atoms with van der Waals surface area (Å²) in [5.74, 6) is 0. The Labute approximate surface area is 158 Å². The Bertz CT molecular complexity index is 688.